The molecule has 2 aliphatic rings. The average molecular weight is 443 g/mol. The zero-order chi connectivity index (χ0) is 21.9. The molecule has 0 unspecified atom stereocenters. The van der Waals surface area contributed by atoms with Crippen LogP contribution in [0, 0.1) is 11.7 Å². The van der Waals surface area contributed by atoms with Gasteiger partial charge >= 0.3 is 6.09 Å². The van der Waals surface area contributed by atoms with Crippen molar-refractivity contribution in [1.29, 1.82) is 0 Å². The van der Waals surface area contributed by atoms with Crippen LogP contribution in [-0.2, 0) is 11.3 Å². The minimum absolute atomic E-state index is 0.140. The maximum atomic E-state index is 15.0. The molecule has 1 atom stereocenters. The van der Waals surface area contributed by atoms with Crippen LogP contribution in [-0.4, -0.2) is 53.9 Å². The van der Waals surface area contributed by atoms with E-state index in [-0.39, 0.29) is 19.0 Å². The third kappa shape index (κ3) is 4.36. The van der Waals surface area contributed by atoms with Gasteiger partial charge in [-0.1, -0.05) is 5.21 Å². The standard InChI is InChI=1S/C21H23FN6O4/c22-18-11-16(28-13-17(32-21(28)29)14-30-20-5-10-31-24-20)1-2-19(18)26-7-3-15(4-8-26)12-27-9-6-23-25-27/h1-2,5-6,9-11,15,17H,3-4,7-8,12-14H2/p+1/t17-/m1/s1. The highest BCUT2D eigenvalue weighted by Gasteiger charge is 2.33. The molecule has 0 radical (unpaired) electrons. The Bertz CT molecular complexity index is 1040. The first-order valence-electron chi connectivity index (χ1n) is 10.6. The summed E-state index contributed by atoms with van der Waals surface area (Å²) in [5.74, 6) is 0.496. The first kappa shape index (κ1) is 20.3. The lowest BCUT2D eigenvalue weighted by atomic mass is 9.96. The molecule has 1 N–H and O–H groups in total. The Balaban J connectivity index is 1.18. The molecule has 168 valence electrons. The van der Waals surface area contributed by atoms with Crippen LogP contribution in [0.3, 0.4) is 0 Å². The second kappa shape index (κ2) is 8.85. The summed E-state index contributed by atoms with van der Waals surface area (Å²) in [5.41, 5.74) is 1.02. The monoisotopic (exact) mass is 443 g/mol. The van der Waals surface area contributed by atoms with E-state index in [9.17, 15) is 9.18 Å². The molecule has 32 heavy (non-hydrogen) atoms. The Labute approximate surface area is 183 Å². The second-order valence-corrected chi connectivity index (χ2v) is 8.01. The highest BCUT2D eigenvalue weighted by atomic mass is 19.1. The Kier molecular flexibility index (Phi) is 5.61. The lowest BCUT2D eigenvalue weighted by Gasteiger charge is -2.33. The molecule has 0 saturated carbocycles. The predicted molar refractivity (Wildman–Crippen MR) is 110 cm³/mol. The smallest absolute Gasteiger partial charge is 0.414 e. The van der Waals surface area contributed by atoms with Crippen LogP contribution in [0.4, 0.5) is 20.6 Å². The second-order valence-electron chi connectivity index (χ2n) is 8.01. The molecule has 3 aromatic rings. The Morgan fingerprint density at radius 2 is 2.16 bits per heavy atom. The van der Waals surface area contributed by atoms with Crippen molar-refractivity contribution in [2.24, 2.45) is 5.92 Å². The number of benzene rings is 1. The number of halogens is 1. The molecule has 2 aromatic heterocycles. The van der Waals surface area contributed by atoms with Crippen molar-refractivity contribution in [3.8, 4) is 5.88 Å². The van der Waals surface area contributed by atoms with Crippen molar-refractivity contribution < 1.29 is 27.9 Å². The number of amides is 1. The van der Waals surface area contributed by atoms with Crippen LogP contribution in [0.15, 0.2) is 47.4 Å². The number of piperidine rings is 1. The van der Waals surface area contributed by atoms with E-state index >= 15 is 0 Å². The van der Waals surface area contributed by atoms with Crippen LogP contribution in [0.5, 0.6) is 5.88 Å². The van der Waals surface area contributed by atoms with Gasteiger partial charge in [0.25, 0.3) is 5.88 Å². The molecule has 4 heterocycles. The molecule has 0 spiro atoms. The summed E-state index contributed by atoms with van der Waals surface area (Å²) >= 11 is 0. The number of nitrogens with one attached hydrogen (secondary N) is 1. The normalized spacial score (nSPS) is 19.4. The molecule has 10 nitrogen and oxygen atoms in total. The highest BCUT2D eigenvalue weighted by Crippen LogP contribution is 2.30. The van der Waals surface area contributed by atoms with Gasteiger partial charge in [-0.15, -0.1) is 0 Å². The van der Waals surface area contributed by atoms with Crippen molar-refractivity contribution in [1.82, 2.24) is 15.5 Å². The minimum Gasteiger partial charge on any atom is -0.471 e. The maximum absolute atomic E-state index is 15.0. The van der Waals surface area contributed by atoms with Crippen LogP contribution in [0.2, 0.25) is 0 Å². The van der Waals surface area contributed by atoms with E-state index in [4.69, 9.17) is 14.0 Å². The van der Waals surface area contributed by atoms with E-state index in [0.717, 1.165) is 32.5 Å². The summed E-state index contributed by atoms with van der Waals surface area (Å²) < 4.78 is 32.4. The van der Waals surface area contributed by atoms with E-state index in [2.05, 4.69) is 20.4 Å². The molecule has 2 saturated heterocycles. The first-order valence-corrected chi connectivity index (χ1v) is 10.6. The van der Waals surface area contributed by atoms with Gasteiger partial charge in [-0.2, -0.15) is 4.68 Å². The molecule has 0 bridgehead atoms. The predicted octanol–water partition coefficient (Wildman–Crippen LogP) is 2.15. The number of nitrogens with zero attached hydrogens (tertiary/aromatic N) is 5. The lowest BCUT2D eigenvalue weighted by Crippen LogP contribution is -2.43. The fraction of sp³-hybridized carbons (Fsp3) is 0.429. The van der Waals surface area contributed by atoms with E-state index in [0.29, 0.717) is 23.2 Å². The van der Waals surface area contributed by atoms with E-state index in [1.807, 2.05) is 10.9 Å². The number of ether oxygens (including phenoxy) is 2. The van der Waals surface area contributed by atoms with Gasteiger partial charge in [0.2, 0.25) is 6.20 Å². The summed E-state index contributed by atoms with van der Waals surface area (Å²) in [6, 6.07) is 6.46. The Hall–Kier alpha value is -3.63. The zero-order valence-corrected chi connectivity index (χ0v) is 17.4. The van der Waals surface area contributed by atoms with Gasteiger partial charge in [-0.3, -0.25) is 4.90 Å². The van der Waals surface area contributed by atoms with E-state index in [1.54, 1.807) is 24.4 Å². The Morgan fingerprint density at radius 3 is 2.88 bits per heavy atom. The van der Waals surface area contributed by atoms with Crippen molar-refractivity contribution in [3.63, 3.8) is 0 Å². The first-order chi connectivity index (χ1) is 15.7. The Morgan fingerprint density at radius 1 is 1.28 bits per heavy atom. The molecule has 11 heteroatoms. The number of carbonyl (C=O) groups excluding carboxylic acids is 1. The van der Waals surface area contributed by atoms with Crippen LogP contribution >= 0.6 is 0 Å². The number of cyclic esters (lactones) is 1. The number of hydrogen-bond acceptors (Lipinski definition) is 7. The number of rotatable bonds is 7. The number of hydrogen-bond donors (Lipinski definition) is 1. The fourth-order valence-corrected chi connectivity index (χ4v) is 4.18. The molecule has 5 rings (SSSR count). The largest absolute Gasteiger partial charge is 0.471 e. The third-order valence-corrected chi connectivity index (χ3v) is 5.87. The summed E-state index contributed by atoms with van der Waals surface area (Å²) in [7, 11) is 0. The molecule has 0 aliphatic carbocycles. The maximum Gasteiger partial charge on any atom is 0.414 e. The lowest BCUT2D eigenvalue weighted by molar-refractivity contribution is -0.759. The average Bonchev–Trinajstić information content (AvgIpc) is 3.56. The fourth-order valence-electron chi connectivity index (χ4n) is 4.18. The van der Waals surface area contributed by atoms with Gasteiger partial charge in [0.05, 0.1) is 17.9 Å². The number of H-pyrrole nitrogens is 1. The number of carbonyl (C=O) groups is 1. The topological polar surface area (TPSA) is 101 Å². The van der Waals surface area contributed by atoms with Crippen molar-refractivity contribution in [3.05, 3.63) is 48.7 Å². The summed E-state index contributed by atoms with van der Waals surface area (Å²) in [5, 5.41) is 10.5. The van der Waals surface area contributed by atoms with E-state index < -0.39 is 12.2 Å². The zero-order valence-electron chi connectivity index (χ0n) is 17.4. The summed E-state index contributed by atoms with van der Waals surface area (Å²) in [6.07, 6.45) is 5.98. The SMILES string of the molecule is O=C1O[C@@H](COc2ccon2)CN1c1ccc(N2CCC(C[n+]3ccn[nH]3)CC2)c(F)c1. The van der Waals surface area contributed by atoms with Gasteiger partial charge in [0.15, 0.2) is 12.3 Å². The van der Waals surface area contributed by atoms with Crippen molar-refractivity contribution in [2.45, 2.75) is 25.5 Å². The van der Waals surface area contributed by atoms with Gasteiger partial charge in [0.1, 0.15) is 25.2 Å². The van der Waals surface area contributed by atoms with Crippen LogP contribution in [0.1, 0.15) is 12.8 Å². The molecule has 2 fully saturated rings. The summed E-state index contributed by atoms with van der Waals surface area (Å²) in [4.78, 5) is 15.8. The van der Waals surface area contributed by atoms with Crippen LogP contribution < -0.4 is 19.2 Å². The van der Waals surface area contributed by atoms with Gasteiger partial charge in [0, 0.05) is 30.2 Å². The van der Waals surface area contributed by atoms with Crippen molar-refractivity contribution in [2.75, 3.05) is 36.0 Å². The highest BCUT2D eigenvalue weighted by molar-refractivity contribution is 5.90. The molecule has 1 amide bonds. The number of aromatic nitrogens is 4. The summed E-state index contributed by atoms with van der Waals surface area (Å²) in [6.45, 7) is 2.85. The molecule has 2 aliphatic heterocycles. The van der Waals surface area contributed by atoms with E-state index in [1.165, 1.54) is 17.2 Å². The third-order valence-electron chi connectivity index (χ3n) is 5.87. The van der Waals surface area contributed by atoms with Crippen molar-refractivity contribution >= 4 is 17.5 Å². The number of aromatic amines is 1. The quantitative estimate of drug-likeness (QED) is 0.559. The van der Waals surface area contributed by atoms with Crippen LogP contribution in [0.25, 0.3) is 0 Å². The molecular weight excluding hydrogens is 419 g/mol. The molecule has 1 aromatic carbocycles. The minimum atomic E-state index is -0.525. The number of anilines is 2. The van der Waals surface area contributed by atoms with Gasteiger partial charge in [-0.25, -0.2) is 9.18 Å². The van der Waals surface area contributed by atoms with Gasteiger partial charge < -0.3 is 18.9 Å². The van der Waals surface area contributed by atoms with Gasteiger partial charge in [-0.05, 0) is 36.2 Å². The molecular formula is C21H24FN6O4+.